The van der Waals surface area contributed by atoms with E-state index in [1.165, 1.54) is 6.07 Å². The van der Waals surface area contributed by atoms with Gasteiger partial charge in [-0.2, -0.15) is 11.8 Å². The summed E-state index contributed by atoms with van der Waals surface area (Å²) in [7, 11) is 0. The van der Waals surface area contributed by atoms with E-state index in [2.05, 4.69) is 20.6 Å². The molecule has 0 spiro atoms. The fourth-order valence-corrected chi connectivity index (χ4v) is 2.80. The lowest BCUT2D eigenvalue weighted by atomic mass is 10.1. The van der Waals surface area contributed by atoms with Crippen molar-refractivity contribution < 1.29 is 4.39 Å². The lowest BCUT2D eigenvalue weighted by Crippen LogP contribution is -2.37. The summed E-state index contributed by atoms with van der Waals surface area (Å²) >= 11 is 1.67. The molecule has 0 amide bonds. The van der Waals surface area contributed by atoms with Gasteiger partial charge >= 0.3 is 0 Å². The van der Waals surface area contributed by atoms with Crippen molar-refractivity contribution in [3.63, 3.8) is 0 Å². The van der Waals surface area contributed by atoms with Crippen molar-refractivity contribution in [3.05, 3.63) is 65.2 Å². The summed E-state index contributed by atoms with van der Waals surface area (Å²) in [6, 6.07) is 10.7. The van der Waals surface area contributed by atoms with E-state index in [1.54, 1.807) is 24.0 Å². The highest BCUT2D eigenvalue weighted by molar-refractivity contribution is 7.97. The van der Waals surface area contributed by atoms with Crippen LogP contribution in [-0.2, 0) is 18.8 Å². The zero-order valence-electron chi connectivity index (χ0n) is 14.1. The number of aromatic nitrogens is 1. The van der Waals surface area contributed by atoms with Crippen LogP contribution in [0, 0.1) is 5.82 Å². The molecule has 0 bridgehead atoms. The van der Waals surface area contributed by atoms with E-state index in [9.17, 15) is 4.39 Å². The van der Waals surface area contributed by atoms with Crippen molar-refractivity contribution in [3.8, 4) is 0 Å². The van der Waals surface area contributed by atoms with Gasteiger partial charge in [-0.25, -0.2) is 9.38 Å². The van der Waals surface area contributed by atoms with Crippen molar-refractivity contribution in [2.45, 2.75) is 25.8 Å². The first-order chi connectivity index (χ1) is 11.7. The van der Waals surface area contributed by atoms with Crippen molar-refractivity contribution in [2.75, 3.05) is 12.8 Å². The van der Waals surface area contributed by atoms with Gasteiger partial charge in [-0.1, -0.05) is 12.1 Å². The van der Waals surface area contributed by atoms with Gasteiger partial charge in [-0.05, 0) is 48.6 Å². The molecule has 2 rings (SSSR count). The molecule has 0 saturated carbocycles. The Morgan fingerprint density at radius 1 is 1.21 bits per heavy atom. The number of hydrogen-bond acceptors (Lipinski definition) is 3. The van der Waals surface area contributed by atoms with Crippen LogP contribution >= 0.6 is 11.8 Å². The maximum Gasteiger partial charge on any atom is 0.191 e. The summed E-state index contributed by atoms with van der Waals surface area (Å²) in [6.45, 7) is 3.91. The van der Waals surface area contributed by atoms with E-state index in [0.717, 1.165) is 35.1 Å². The van der Waals surface area contributed by atoms with E-state index in [4.69, 9.17) is 0 Å². The van der Waals surface area contributed by atoms with Gasteiger partial charge in [0.05, 0.1) is 18.8 Å². The molecule has 1 aromatic carbocycles. The molecular formula is C18H23FN4S. The van der Waals surface area contributed by atoms with Crippen molar-refractivity contribution in [1.29, 1.82) is 0 Å². The molecule has 0 unspecified atom stereocenters. The van der Waals surface area contributed by atoms with Crippen molar-refractivity contribution in [2.24, 2.45) is 4.99 Å². The molecule has 6 heteroatoms. The fourth-order valence-electron chi connectivity index (χ4n) is 2.22. The summed E-state index contributed by atoms with van der Waals surface area (Å²) in [5.41, 5.74) is 2.99. The number of aliphatic imine (C=N–C) groups is 1. The predicted molar refractivity (Wildman–Crippen MR) is 99.5 cm³/mol. The smallest absolute Gasteiger partial charge is 0.191 e. The molecule has 1 aromatic heterocycles. The molecule has 0 aliphatic heterocycles. The number of benzene rings is 1. The molecule has 1 heterocycles. The number of hydrogen-bond donors (Lipinski definition) is 2. The third kappa shape index (κ3) is 5.85. The highest BCUT2D eigenvalue weighted by Crippen LogP contribution is 2.17. The largest absolute Gasteiger partial charge is 0.357 e. The standard InChI is InChI=1S/C18H23FN4S/c1-3-20-18(23-12-17-6-4-5-9-21-17)22-11-14-7-8-16(19)10-15(14)13-24-2/h4-10H,3,11-13H2,1-2H3,(H2,20,22,23). The minimum absolute atomic E-state index is 0.202. The average molecular weight is 346 g/mol. The second-order valence-corrected chi connectivity index (χ2v) is 6.08. The fraction of sp³-hybridized carbons (Fsp3) is 0.333. The number of rotatable bonds is 7. The monoisotopic (exact) mass is 346 g/mol. The van der Waals surface area contributed by atoms with E-state index in [-0.39, 0.29) is 5.82 Å². The molecule has 2 aromatic rings. The number of thioether (sulfide) groups is 1. The van der Waals surface area contributed by atoms with Gasteiger partial charge in [-0.15, -0.1) is 0 Å². The van der Waals surface area contributed by atoms with Crippen LogP contribution in [0.1, 0.15) is 23.7 Å². The van der Waals surface area contributed by atoms with Crippen LogP contribution in [0.5, 0.6) is 0 Å². The third-order valence-corrected chi connectivity index (χ3v) is 3.98. The first-order valence-corrected chi connectivity index (χ1v) is 9.30. The summed E-state index contributed by atoms with van der Waals surface area (Å²) in [5, 5.41) is 6.48. The van der Waals surface area contributed by atoms with Crippen LogP contribution in [0.3, 0.4) is 0 Å². The van der Waals surface area contributed by atoms with Crippen molar-refractivity contribution >= 4 is 17.7 Å². The molecule has 128 valence electrons. The van der Waals surface area contributed by atoms with Gasteiger partial charge in [0.25, 0.3) is 0 Å². The number of pyridine rings is 1. The quantitative estimate of drug-likeness (QED) is 0.596. The summed E-state index contributed by atoms with van der Waals surface area (Å²) in [5.74, 6) is 1.30. The third-order valence-electron chi connectivity index (χ3n) is 3.38. The highest BCUT2D eigenvalue weighted by atomic mass is 32.2. The Hall–Kier alpha value is -2.08. The van der Waals surface area contributed by atoms with Crippen LogP contribution < -0.4 is 10.6 Å². The Balaban J connectivity index is 2.05. The van der Waals surface area contributed by atoms with Gasteiger partial charge in [-0.3, -0.25) is 4.98 Å². The Labute approximate surface area is 147 Å². The molecule has 24 heavy (non-hydrogen) atoms. The van der Waals surface area contributed by atoms with Crippen LogP contribution in [0.15, 0.2) is 47.6 Å². The van der Waals surface area contributed by atoms with Gasteiger partial charge < -0.3 is 10.6 Å². The summed E-state index contributed by atoms with van der Waals surface area (Å²) in [6.07, 6.45) is 3.78. The molecule has 0 atom stereocenters. The molecule has 4 nitrogen and oxygen atoms in total. The van der Waals surface area contributed by atoms with Gasteiger partial charge in [0, 0.05) is 18.5 Å². The number of nitrogens with zero attached hydrogens (tertiary/aromatic N) is 2. The van der Waals surface area contributed by atoms with E-state index < -0.39 is 0 Å². The molecular weight excluding hydrogens is 323 g/mol. The zero-order valence-corrected chi connectivity index (χ0v) is 14.9. The Morgan fingerprint density at radius 3 is 2.79 bits per heavy atom. The first kappa shape index (κ1) is 18.3. The number of halogens is 1. The normalized spacial score (nSPS) is 11.4. The second-order valence-electron chi connectivity index (χ2n) is 5.22. The summed E-state index contributed by atoms with van der Waals surface area (Å²) in [4.78, 5) is 8.89. The van der Waals surface area contributed by atoms with Crippen molar-refractivity contribution in [1.82, 2.24) is 15.6 Å². The molecule has 0 aliphatic rings. The molecule has 2 N–H and O–H groups in total. The van der Waals surface area contributed by atoms with E-state index in [0.29, 0.717) is 13.1 Å². The van der Waals surface area contributed by atoms with E-state index >= 15 is 0 Å². The number of guanidine groups is 1. The van der Waals surface area contributed by atoms with Crippen LogP contribution in [0.25, 0.3) is 0 Å². The molecule has 0 aliphatic carbocycles. The maximum atomic E-state index is 13.4. The predicted octanol–water partition coefficient (Wildman–Crippen LogP) is 3.34. The van der Waals surface area contributed by atoms with E-state index in [1.807, 2.05) is 37.4 Å². The van der Waals surface area contributed by atoms with Gasteiger partial charge in [0.1, 0.15) is 5.82 Å². The molecule has 0 radical (unpaired) electrons. The Morgan fingerprint density at radius 2 is 2.08 bits per heavy atom. The number of nitrogens with one attached hydrogen (secondary N) is 2. The Bertz CT molecular complexity index is 661. The summed E-state index contributed by atoms with van der Waals surface area (Å²) < 4.78 is 13.4. The van der Waals surface area contributed by atoms with Crippen LogP contribution in [0.2, 0.25) is 0 Å². The SMILES string of the molecule is CCNC(=NCc1ccc(F)cc1CSC)NCc1ccccn1. The minimum atomic E-state index is -0.202. The Kier molecular flexibility index (Phi) is 7.55. The van der Waals surface area contributed by atoms with Gasteiger partial charge in [0.15, 0.2) is 5.96 Å². The highest BCUT2D eigenvalue weighted by Gasteiger charge is 2.05. The lowest BCUT2D eigenvalue weighted by Gasteiger charge is -2.12. The topological polar surface area (TPSA) is 49.3 Å². The maximum absolute atomic E-state index is 13.4. The van der Waals surface area contributed by atoms with Gasteiger partial charge in [0.2, 0.25) is 0 Å². The minimum Gasteiger partial charge on any atom is -0.357 e. The molecule has 0 fully saturated rings. The first-order valence-electron chi connectivity index (χ1n) is 7.91. The second kappa shape index (κ2) is 9.93. The zero-order chi connectivity index (χ0) is 17.2. The lowest BCUT2D eigenvalue weighted by molar-refractivity contribution is 0.625. The van der Waals surface area contributed by atoms with Crippen LogP contribution in [0.4, 0.5) is 4.39 Å². The average Bonchev–Trinajstić information content (AvgIpc) is 2.60. The van der Waals surface area contributed by atoms with Crippen LogP contribution in [-0.4, -0.2) is 23.7 Å². The molecule has 0 saturated heterocycles.